The van der Waals surface area contributed by atoms with Gasteiger partial charge in [-0.3, -0.25) is 14.5 Å². The molecule has 1 saturated heterocycles. The van der Waals surface area contributed by atoms with Crippen LogP contribution in [0.5, 0.6) is 11.5 Å². The highest BCUT2D eigenvalue weighted by molar-refractivity contribution is 6.09. The average Bonchev–Trinajstić information content (AvgIpc) is 3.05. The van der Waals surface area contributed by atoms with Crippen LogP contribution in [0, 0.1) is 0 Å². The van der Waals surface area contributed by atoms with Gasteiger partial charge in [0.15, 0.2) is 11.5 Å². The number of fused-ring (bicyclic) bond motifs is 1. The quantitative estimate of drug-likeness (QED) is 0.762. The highest BCUT2D eigenvalue weighted by Crippen LogP contribution is 2.37. The van der Waals surface area contributed by atoms with Gasteiger partial charge in [-0.2, -0.15) is 0 Å². The Balaban J connectivity index is 1.91. The van der Waals surface area contributed by atoms with Crippen molar-refractivity contribution in [2.45, 2.75) is 12.5 Å². The minimum Gasteiger partial charge on any atom is -0.454 e. The van der Waals surface area contributed by atoms with E-state index < -0.39 is 23.4 Å². The van der Waals surface area contributed by atoms with Gasteiger partial charge < -0.3 is 20.1 Å². The number of likely N-dealkylation sites (N-methyl/N-ethyl adjacent to an activating group) is 1. The summed E-state index contributed by atoms with van der Waals surface area (Å²) in [6.07, 6.45) is 0. The van der Waals surface area contributed by atoms with E-state index in [-0.39, 0.29) is 13.3 Å². The van der Waals surface area contributed by atoms with Crippen LogP contribution in [0.3, 0.4) is 0 Å². The third-order valence-corrected chi connectivity index (χ3v) is 3.81. The molecule has 0 aromatic heterocycles. The Morgan fingerprint density at radius 2 is 2.09 bits per heavy atom. The number of hydrogen-bond acceptors (Lipinski definition) is 5. The van der Waals surface area contributed by atoms with Crippen LogP contribution in [-0.2, 0) is 15.1 Å². The van der Waals surface area contributed by atoms with Gasteiger partial charge in [0, 0.05) is 7.05 Å². The molecule has 8 heteroatoms. The van der Waals surface area contributed by atoms with Crippen molar-refractivity contribution >= 4 is 17.8 Å². The van der Waals surface area contributed by atoms with Crippen molar-refractivity contribution in [1.82, 2.24) is 15.5 Å². The third-order valence-electron chi connectivity index (χ3n) is 3.81. The maximum absolute atomic E-state index is 12.6. The van der Waals surface area contributed by atoms with Gasteiger partial charge in [0.1, 0.15) is 12.1 Å². The number of nitrogens with zero attached hydrogens (tertiary/aromatic N) is 1. The molecule has 0 bridgehead atoms. The van der Waals surface area contributed by atoms with Crippen molar-refractivity contribution in [3.63, 3.8) is 0 Å². The fourth-order valence-electron chi connectivity index (χ4n) is 2.47. The number of ether oxygens (including phenoxy) is 2. The van der Waals surface area contributed by atoms with Crippen molar-refractivity contribution in [2.75, 3.05) is 20.4 Å². The summed E-state index contributed by atoms with van der Waals surface area (Å²) in [5, 5.41) is 5.01. The molecule has 2 heterocycles. The summed E-state index contributed by atoms with van der Waals surface area (Å²) in [6.45, 7) is 1.40. The summed E-state index contributed by atoms with van der Waals surface area (Å²) in [5.74, 6) is 0.204. The number of benzene rings is 1. The Hall–Kier alpha value is -2.77. The second kappa shape index (κ2) is 4.90. The molecule has 0 aliphatic carbocycles. The molecule has 8 nitrogen and oxygen atoms in total. The first-order valence-electron chi connectivity index (χ1n) is 6.70. The van der Waals surface area contributed by atoms with E-state index in [9.17, 15) is 14.4 Å². The first kappa shape index (κ1) is 14.2. The molecule has 1 fully saturated rings. The Labute approximate surface area is 126 Å². The number of carbonyl (C=O) groups is 3. The van der Waals surface area contributed by atoms with Crippen LogP contribution in [0.1, 0.15) is 12.5 Å². The number of urea groups is 1. The molecule has 0 unspecified atom stereocenters. The van der Waals surface area contributed by atoms with E-state index >= 15 is 0 Å². The zero-order chi connectivity index (χ0) is 15.9. The molecule has 1 atom stereocenters. The van der Waals surface area contributed by atoms with Crippen LogP contribution in [0.25, 0.3) is 0 Å². The Kier molecular flexibility index (Phi) is 3.16. The Morgan fingerprint density at radius 3 is 2.82 bits per heavy atom. The van der Waals surface area contributed by atoms with Gasteiger partial charge in [-0.15, -0.1) is 0 Å². The first-order chi connectivity index (χ1) is 10.5. The number of hydrogen-bond donors (Lipinski definition) is 2. The highest BCUT2D eigenvalue weighted by atomic mass is 16.7. The molecule has 3 rings (SSSR count). The summed E-state index contributed by atoms with van der Waals surface area (Å²) < 4.78 is 10.5. The molecule has 4 amide bonds. The SMILES string of the molecule is CNC(=O)CN1C(=O)N[C@](C)(c2ccc3c(c2)OCO3)C1=O. The first-order valence-corrected chi connectivity index (χ1v) is 6.70. The molecular weight excluding hydrogens is 290 g/mol. The van der Waals surface area contributed by atoms with E-state index in [0.717, 1.165) is 4.90 Å². The standard InChI is InChI=1S/C14H15N3O5/c1-14(8-3-4-9-10(5-8)22-7-21-9)12(19)17(13(20)16-14)6-11(18)15-2/h3-5H,6-7H2,1-2H3,(H,15,18)(H,16,20)/t14-/m1/s1. The number of carbonyl (C=O) groups excluding carboxylic acids is 3. The molecule has 0 radical (unpaired) electrons. The smallest absolute Gasteiger partial charge is 0.325 e. The second-order valence-corrected chi connectivity index (χ2v) is 5.19. The molecule has 1 aromatic rings. The van der Waals surface area contributed by atoms with Gasteiger partial charge in [0.25, 0.3) is 5.91 Å². The van der Waals surface area contributed by atoms with Crippen molar-refractivity contribution in [1.29, 1.82) is 0 Å². The minimum atomic E-state index is -1.24. The normalized spacial score (nSPS) is 22.7. The van der Waals surface area contributed by atoms with Crippen LogP contribution in [0.2, 0.25) is 0 Å². The van der Waals surface area contributed by atoms with Crippen LogP contribution in [0.4, 0.5) is 4.79 Å². The van der Waals surface area contributed by atoms with Gasteiger partial charge in [-0.25, -0.2) is 4.79 Å². The van der Waals surface area contributed by atoms with E-state index in [2.05, 4.69) is 10.6 Å². The third kappa shape index (κ3) is 2.03. The van der Waals surface area contributed by atoms with Gasteiger partial charge in [-0.05, 0) is 24.6 Å². The highest BCUT2D eigenvalue weighted by Gasteiger charge is 2.49. The number of rotatable bonds is 3. The summed E-state index contributed by atoms with van der Waals surface area (Å²) in [5.41, 5.74) is -0.680. The molecule has 2 N–H and O–H groups in total. The predicted octanol–water partition coefficient (Wildman–Crippen LogP) is -0.0717. The molecule has 22 heavy (non-hydrogen) atoms. The second-order valence-electron chi connectivity index (χ2n) is 5.19. The minimum absolute atomic E-state index is 0.124. The van der Waals surface area contributed by atoms with Gasteiger partial charge in [-0.1, -0.05) is 6.07 Å². The molecule has 116 valence electrons. The monoisotopic (exact) mass is 305 g/mol. The molecule has 0 spiro atoms. The number of imide groups is 1. The van der Waals surface area contributed by atoms with Crippen LogP contribution in [-0.4, -0.2) is 43.1 Å². The summed E-state index contributed by atoms with van der Waals surface area (Å²) in [7, 11) is 1.44. The molecule has 2 aliphatic heterocycles. The molecule has 1 aromatic carbocycles. The fourth-order valence-corrected chi connectivity index (χ4v) is 2.47. The lowest BCUT2D eigenvalue weighted by atomic mass is 9.91. The largest absolute Gasteiger partial charge is 0.454 e. The van der Waals surface area contributed by atoms with Crippen LogP contribution >= 0.6 is 0 Å². The van der Waals surface area contributed by atoms with Crippen molar-refractivity contribution in [3.8, 4) is 11.5 Å². The van der Waals surface area contributed by atoms with E-state index in [0.29, 0.717) is 17.1 Å². The maximum Gasteiger partial charge on any atom is 0.325 e. The van der Waals surface area contributed by atoms with E-state index in [1.165, 1.54) is 7.05 Å². The summed E-state index contributed by atoms with van der Waals surface area (Å²) >= 11 is 0. The van der Waals surface area contributed by atoms with Crippen molar-refractivity contribution < 1.29 is 23.9 Å². The molecule has 2 aliphatic rings. The molecule has 0 saturated carbocycles. The number of amides is 4. The molecular formula is C14H15N3O5. The zero-order valence-electron chi connectivity index (χ0n) is 12.1. The lowest BCUT2D eigenvalue weighted by Gasteiger charge is -2.22. The van der Waals surface area contributed by atoms with Gasteiger partial charge in [0.2, 0.25) is 12.7 Å². The summed E-state index contributed by atoms with van der Waals surface area (Å²) in [6, 6.07) is 4.43. The number of nitrogens with one attached hydrogen (secondary N) is 2. The average molecular weight is 305 g/mol. The van der Waals surface area contributed by atoms with Crippen molar-refractivity contribution in [2.24, 2.45) is 0 Å². The van der Waals surface area contributed by atoms with Gasteiger partial charge >= 0.3 is 6.03 Å². The topological polar surface area (TPSA) is 97.0 Å². The van der Waals surface area contributed by atoms with E-state index in [1.54, 1.807) is 25.1 Å². The van der Waals surface area contributed by atoms with E-state index in [4.69, 9.17) is 9.47 Å². The fraction of sp³-hybridized carbons (Fsp3) is 0.357. The predicted molar refractivity (Wildman–Crippen MR) is 74.2 cm³/mol. The lowest BCUT2D eigenvalue weighted by molar-refractivity contribution is -0.134. The maximum atomic E-state index is 12.6. The lowest BCUT2D eigenvalue weighted by Crippen LogP contribution is -2.42. The van der Waals surface area contributed by atoms with Crippen LogP contribution < -0.4 is 20.1 Å². The van der Waals surface area contributed by atoms with Crippen LogP contribution in [0.15, 0.2) is 18.2 Å². The Bertz CT molecular complexity index is 674. The Morgan fingerprint density at radius 1 is 1.36 bits per heavy atom. The van der Waals surface area contributed by atoms with E-state index in [1.807, 2.05) is 0 Å². The zero-order valence-corrected chi connectivity index (χ0v) is 12.1. The van der Waals surface area contributed by atoms with Crippen molar-refractivity contribution in [3.05, 3.63) is 23.8 Å². The summed E-state index contributed by atoms with van der Waals surface area (Å²) in [4.78, 5) is 36.9. The van der Waals surface area contributed by atoms with Gasteiger partial charge in [0.05, 0.1) is 0 Å².